The summed E-state index contributed by atoms with van der Waals surface area (Å²) < 4.78 is 48.0. The maximum Gasteiger partial charge on any atom is 0.314 e. The smallest absolute Gasteiger partial charge is 0.314 e. The Morgan fingerprint density at radius 2 is 1.96 bits per heavy atom. The second-order valence-corrected chi connectivity index (χ2v) is 8.58. The molecule has 2 saturated carbocycles. The molecule has 1 spiro atoms. The van der Waals surface area contributed by atoms with Crippen LogP contribution in [0.5, 0.6) is 0 Å². The predicted molar refractivity (Wildman–Crippen MR) is 82.4 cm³/mol. The monoisotopic (exact) mass is 327 g/mol. The van der Waals surface area contributed by atoms with Crippen LogP contribution in [0.3, 0.4) is 0 Å². The van der Waals surface area contributed by atoms with Crippen molar-refractivity contribution in [1.82, 2.24) is 0 Å². The van der Waals surface area contributed by atoms with E-state index in [0.29, 0.717) is 13.2 Å². The summed E-state index contributed by atoms with van der Waals surface area (Å²) >= 11 is 0. The number of rotatable bonds is 0. The van der Waals surface area contributed by atoms with Gasteiger partial charge < -0.3 is 18.9 Å². The van der Waals surface area contributed by atoms with Crippen molar-refractivity contribution in [2.24, 2.45) is 23.2 Å². The van der Waals surface area contributed by atoms with E-state index in [1.54, 1.807) is 20.8 Å². The molecule has 2 heterocycles. The standard InChI is InChI=1S/C18H28O5/c1-15(2,3)17(5)22-14(19)13-12-11(16(13,4)23-17)7-6-8-18(12)20-9-10-21-18/h11-13H,6-10H2,1-5H3/t11-,12+,13+,16+,17-/m0/s1/i5D3. The van der Waals surface area contributed by atoms with Gasteiger partial charge in [0.2, 0.25) is 5.79 Å². The fourth-order valence-corrected chi connectivity index (χ4v) is 4.99. The minimum Gasteiger partial charge on any atom is -0.432 e. The largest absolute Gasteiger partial charge is 0.432 e. The van der Waals surface area contributed by atoms with Crippen molar-refractivity contribution in [2.75, 3.05) is 13.2 Å². The number of fused-ring (bicyclic) bond motifs is 5. The van der Waals surface area contributed by atoms with Crippen molar-refractivity contribution in [3.63, 3.8) is 0 Å². The first kappa shape index (κ1) is 12.7. The molecule has 0 N–H and O–H groups in total. The van der Waals surface area contributed by atoms with Crippen LogP contribution in [-0.2, 0) is 23.7 Å². The molecule has 23 heavy (non-hydrogen) atoms. The van der Waals surface area contributed by atoms with Crippen LogP contribution in [0, 0.1) is 23.2 Å². The van der Waals surface area contributed by atoms with Gasteiger partial charge in [-0.1, -0.05) is 20.8 Å². The van der Waals surface area contributed by atoms with Crippen molar-refractivity contribution >= 4 is 5.97 Å². The molecule has 0 aromatic rings. The summed E-state index contributed by atoms with van der Waals surface area (Å²) in [6.07, 6.45) is 2.51. The SMILES string of the molecule is [2H]C([2H])([2H])[C@]1(C(C)(C)C)OC(=O)[C@H]2[C@H]3[C@H](CCCC34OCCO4)[C@@]2(C)O1. The van der Waals surface area contributed by atoms with Crippen LogP contribution in [0.4, 0.5) is 0 Å². The molecule has 2 aliphatic heterocycles. The Balaban J connectivity index is 1.75. The van der Waals surface area contributed by atoms with Crippen LogP contribution in [0.2, 0.25) is 0 Å². The number of cyclic esters (lactones) is 1. The molecule has 4 fully saturated rings. The summed E-state index contributed by atoms with van der Waals surface area (Å²) in [4.78, 5) is 13.1. The molecule has 2 saturated heterocycles. The average Bonchev–Trinajstić information content (AvgIpc) is 2.93. The molecule has 0 amide bonds. The lowest BCUT2D eigenvalue weighted by atomic mass is 9.47. The van der Waals surface area contributed by atoms with Crippen molar-refractivity contribution < 1.29 is 27.9 Å². The van der Waals surface area contributed by atoms with Crippen LogP contribution in [-0.4, -0.2) is 36.4 Å². The third kappa shape index (κ3) is 1.87. The summed E-state index contributed by atoms with van der Waals surface area (Å²) in [6.45, 7) is 5.51. The van der Waals surface area contributed by atoms with Crippen molar-refractivity contribution in [3.05, 3.63) is 0 Å². The zero-order valence-corrected chi connectivity index (χ0v) is 14.3. The zero-order chi connectivity index (χ0) is 19.2. The van der Waals surface area contributed by atoms with Crippen molar-refractivity contribution in [2.45, 2.75) is 71.0 Å². The number of esters is 1. The lowest BCUT2D eigenvalue weighted by molar-refractivity contribution is -0.418. The maximum absolute atomic E-state index is 13.1. The Labute approximate surface area is 142 Å². The van der Waals surface area contributed by atoms with E-state index in [0.717, 1.165) is 19.3 Å². The molecule has 0 aromatic heterocycles. The summed E-state index contributed by atoms with van der Waals surface area (Å²) in [6, 6.07) is 0. The summed E-state index contributed by atoms with van der Waals surface area (Å²) in [5, 5.41) is 0. The predicted octanol–water partition coefficient (Wildman–Crippen LogP) is 2.87. The van der Waals surface area contributed by atoms with Crippen LogP contribution in [0.1, 0.15) is 57.9 Å². The molecule has 0 bridgehead atoms. The number of ether oxygens (including phenoxy) is 4. The lowest BCUT2D eigenvalue weighted by Crippen LogP contribution is -2.78. The molecule has 4 rings (SSSR count). The number of carbonyl (C=O) groups excluding carboxylic acids is 1. The highest BCUT2D eigenvalue weighted by Gasteiger charge is 2.76. The summed E-state index contributed by atoms with van der Waals surface area (Å²) in [5.41, 5.74) is -1.79. The van der Waals surface area contributed by atoms with Gasteiger partial charge in [0, 0.05) is 28.7 Å². The van der Waals surface area contributed by atoms with Crippen LogP contribution < -0.4 is 0 Å². The summed E-state index contributed by atoms with van der Waals surface area (Å²) in [7, 11) is 0. The number of hydrogen-bond donors (Lipinski definition) is 0. The average molecular weight is 327 g/mol. The van der Waals surface area contributed by atoms with Gasteiger partial charge in [-0.15, -0.1) is 0 Å². The zero-order valence-electron chi connectivity index (χ0n) is 17.3. The first-order valence-electron chi connectivity index (χ1n) is 10.1. The minimum absolute atomic E-state index is 0.0104. The van der Waals surface area contributed by atoms with Gasteiger partial charge in [-0.25, -0.2) is 0 Å². The number of hydrogen-bond acceptors (Lipinski definition) is 5. The van der Waals surface area contributed by atoms with E-state index in [4.69, 9.17) is 23.1 Å². The van der Waals surface area contributed by atoms with E-state index < -0.39 is 41.3 Å². The van der Waals surface area contributed by atoms with Crippen LogP contribution in [0.25, 0.3) is 0 Å². The van der Waals surface area contributed by atoms with E-state index in [-0.39, 0.29) is 11.8 Å². The molecule has 2 aliphatic carbocycles. The van der Waals surface area contributed by atoms with Gasteiger partial charge in [-0.05, 0) is 25.7 Å². The second-order valence-electron chi connectivity index (χ2n) is 8.58. The molecule has 0 unspecified atom stereocenters. The Morgan fingerprint density at radius 1 is 1.26 bits per heavy atom. The first-order chi connectivity index (χ1) is 11.9. The molecular formula is C18H28O5. The highest BCUT2D eigenvalue weighted by molar-refractivity contribution is 5.77. The summed E-state index contributed by atoms with van der Waals surface area (Å²) in [5.74, 6) is -3.93. The molecule has 0 aromatic carbocycles. The van der Waals surface area contributed by atoms with E-state index in [2.05, 4.69) is 0 Å². The molecule has 5 nitrogen and oxygen atoms in total. The highest BCUT2D eigenvalue weighted by atomic mass is 16.8. The quantitative estimate of drug-likeness (QED) is 0.640. The van der Waals surface area contributed by atoms with E-state index in [9.17, 15) is 4.79 Å². The Bertz CT molecular complexity index is 605. The van der Waals surface area contributed by atoms with Gasteiger partial charge in [-0.2, -0.15) is 0 Å². The van der Waals surface area contributed by atoms with Crippen LogP contribution >= 0.6 is 0 Å². The molecular weight excluding hydrogens is 296 g/mol. The fraction of sp³-hybridized carbons (Fsp3) is 0.944. The number of carbonyl (C=O) groups is 1. The fourth-order valence-electron chi connectivity index (χ4n) is 4.99. The third-order valence-electron chi connectivity index (χ3n) is 6.32. The normalized spacial score (nSPS) is 50.9. The van der Waals surface area contributed by atoms with Crippen molar-refractivity contribution in [3.8, 4) is 0 Å². The molecule has 130 valence electrons. The van der Waals surface area contributed by atoms with E-state index in [1.165, 1.54) is 0 Å². The van der Waals surface area contributed by atoms with Crippen LogP contribution in [0.15, 0.2) is 0 Å². The van der Waals surface area contributed by atoms with Gasteiger partial charge in [-0.3, -0.25) is 4.79 Å². The lowest BCUT2D eigenvalue weighted by Gasteiger charge is -2.68. The van der Waals surface area contributed by atoms with Gasteiger partial charge in [0.15, 0.2) is 5.79 Å². The maximum atomic E-state index is 13.1. The minimum atomic E-state index is -2.59. The van der Waals surface area contributed by atoms with E-state index >= 15 is 0 Å². The Kier molecular flexibility index (Phi) is 2.48. The van der Waals surface area contributed by atoms with E-state index in [1.807, 2.05) is 6.92 Å². The molecule has 0 radical (unpaired) electrons. The topological polar surface area (TPSA) is 54.0 Å². The Hall–Kier alpha value is -0.650. The Morgan fingerprint density at radius 3 is 2.57 bits per heavy atom. The van der Waals surface area contributed by atoms with Gasteiger partial charge >= 0.3 is 5.97 Å². The third-order valence-corrected chi connectivity index (χ3v) is 6.32. The van der Waals surface area contributed by atoms with Crippen molar-refractivity contribution in [1.29, 1.82) is 0 Å². The van der Waals surface area contributed by atoms with Gasteiger partial charge in [0.1, 0.15) is 0 Å². The molecule has 5 atom stereocenters. The van der Waals surface area contributed by atoms with Gasteiger partial charge in [0.25, 0.3) is 0 Å². The van der Waals surface area contributed by atoms with Gasteiger partial charge in [0.05, 0.1) is 24.7 Å². The molecule has 5 heteroatoms. The second kappa shape index (κ2) is 4.50. The first-order valence-corrected chi connectivity index (χ1v) is 8.59. The highest BCUT2D eigenvalue weighted by Crippen LogP contribution is 2.66. The molecule has 4 aliphatic rings.